The molecule has 0 saturated carbocycles. The summed E-state index contributed by atoms with van der Waals surface area (Å²) in [5.74, 6) is 0.557. The number of aromatic nitrogens is 1. The van der Waals surface area contributed by atoms with Crippen molar-refractivity contribution in [1.29, 1.82) is 0 Å². The zero-order chi connectivity index (χ0) is 17.1. The molecular weight excluding hydrogens is 344 g/mol. The molecule has 7 heteroatoms. The summed E-state index contributed by atoms with van der Waals surface area (Å²) in [7, 11) is 0. The van der Waals surface area contributed by atoms with Crippen LogP contribution in [0.1, 0.15) is 12.5 Å². The van der Waals surface area contributed by atoms with E-state index in [0.717, 1.165) is 5.56 Å². The van der Waals surface area contributed by atoms with Gasteiger partial charge in [-0.2, -0.15) is 0 Å². The number of amides is 2. The quantitative estimate of drug-likeness (QED) is 0.853. The number of rotatable bonds is 2. The zero-order valence-corrected chi connectivity index (χ0v) is 14.9. The molecule has 1 aliphatic heterocycles. The largest absolute Gasteiger partial charge is 0.333 e. The lowest BCUT2D eigenvalue weighted by Crippen LogP contribution is -2.39. The smallest absolute Gasteiger partial charge is 0.307 e. The van der Waals surface area contributed by atoms with Gasteiger partial charge in [0.05, 0.1) is 6.54 Å². The van der Waals surface area contributed by atoms with E-state index in [0.29, 0.717) is 33.5 Å². The highest BCUT2D eigenvalue weighted by atomic mass is 35.5. The fourth-order valence-corrected chi connectivity index (χ4v) is 3.29. The molecule has 5 nitrogen and oxygen atoms in total. The predicted molar refractivity (Wildman–Crippen MR) is 101 cm³/mol. The number of hydrogen-bond donors (Lipinski definition) is 1. The molecule has 0 unspecified atom stereocenters. The van der Waals surface area contributed by atoms with Gasteiger partial charge >= 0.3 is 6.03 Å². The molecule has 2 heterocycles. The molecule has 3 rings (SSSR count). The minimum atomic E-state index is -0.296. The Labute approximate surface area is 150 Å². The molecule has 0 aliphatic carbocycles. The highest BCUT2D eigenvalue weighted by Crippen LogP contribution is 2.27. The second-order valence-corrected chi connectivity index (χ2v) is 7.36. The van der Waals surface area contributed by atoms with Crippen LogP contribution < -0.4 is 10.2 Å². The van der Waals surface area contributed by atoms with Gasteiger partial charge in [-0.3, -0.25) is 4.99 Å². The molecule has 24 heavy (non-hydrogen) atoms. The summed E-state index contributed by atoms with van der Waals surface area (Å²) in [5.41, 5.74) is 1.69. The molecule has 1 aliphatic rings. The van der Waals surface area contributed by atoms with E-state index >= 15 is 0 Å². The van der Waals surface area contributed by atoms with Gasteiger partial charge in [0.2, 0.25) is 0 Å². The Balaban J connectivity index is 1.89. The van der Waals surface area contributed by atoms with E-state index in [-0.39, 0.29) is 6.03 Å². The van der Waals surface area contributed by atoms with Crippen LogP contribution >= 0.6 is 23.4 Å². The average molecular weight is 361 g/mol. The third-order valence-corrected chi connectivity index (χ3v) is 4.74. The van der Waals surface area contributed by atoms with E-state index in [1.54, 1.807) is 42.2 Å². The lowest BCUT2D eigenvalue weighted by atomic mass is 10.3. The predicted octanol–water partition coefficient (Wildman–Crippen LogP) is 4.57. The molecule has 1 N–H and O–H groups in total. The van der Waals surface area contributed by atoms with Gasteiger partial charge < -0.3 is 5.32 Å². The summed E-state index contributed by atoms with van der Waals surface area (Å²) in [6, 6.07) is 10.4. The van der Waals surface area contributed by atoms with E-state index < -0.39 is 0 Å². The number of nitrogens with zero attached hydrogens (tertiary/aromatic N) is 3. The second-order valence-electron chi connectivity index (χ2n) is 5.52. The Hall–Kier alpha value is -2.05. The highest BCUT2D eigenvalue weighted by Gasteiger charge is 2.28. The van der Waals surface area contributed by atoms with Crippen molar-refractivity contribution in [1.82, 2.24) is 4.98 Å². The lowest BCUT2D eigenvalue weighted by Gasteiger charge is -2.22. The summed E-state index contributed by atoms with van der Waals surface area (Å²) in [6.07, 6.45) is 1.69. The number of carbonyl (C=O) groups excluding carboxylic acids is 1. The van der Waals surface area contributed by atoms with Gasteiger partial charge in [0.25, 0.3) is 0 Å². The van der Waals surface area contributed by atoms with Crippen molar-refractivity contribution < 1.29 is 4.79 Å². The van der Waals surface area contributed by atoms with Crippen LogP contribution in [0.4, 0.5) is 16.3 Å². The van der Waals surface area contributed by atoms with Crippen LogP contribution in [0.5, 0.6) is 0 Å². The molecule has 124 valence electrons. The third kappa shape index (κ3) is 3.88. The first-order valence-corrected chi connectivity index (χ1v) is 8.79. The highest BCUT2D eigenvalue weighted by molar-refractivity contribution is 8.15. The van der Waals surface area contributed by atoms with Crippen LogP contribution in [0.2, 0.25) is 5.02 Å². The number of amidine groups is 1. The summed E-state index contributed by atoms with van der Waals surface area (Å²) in [5, 5.41) is 4.50. The van der Waals surface area contributed by atoms with Gasteiger partial charge in [0, 0.05) is 22.2 Å². The van der Waals surface area contributed by atoms with Crippen molar-refractivity contribution in [2.24, 2.45) is 4.99 Å². The molecule has 1 atom stereocenters. The van der Waals surface area contributed by atoms with Crippen LogP contribution in [-0.4, -0.2) is 28.0 Å². The standard InChI is InChI=1S/C17H17ClN4OS/c1-11-7-8-19-15(9-11)22(17-20-10-12(2)24-17)16(23)21-14-5-3-13(18)4-6-14/h3-9,12H,10H2,1-2H3,(H,21,23)/t12-/m1/s1. The number of thioether (sulfide) groups is 1. The van der Waals surface area contributed by atoms with E-state index in [9.17, 15) is 4.79 Å². The van der Waals surface area contributed by atoms with E-state index in [1.165, 1.54) is 4.90 Å². The van der Waals surface area contributed by atoms with Crippen molar-refractivity contribution in [2.75, 3.05) is 16.8 Å². The number of urea groups is 1. The van der Waals surface area contributed by atoms with Crippen LogP contribution in [0.15, 0.2) is 47.6 Å². The van der Waals surface area contributed by atoms with Crippen LogP contribution in [-0.2, 0) is 0 Å². The Morgan fingerprint density at radius 2 is 2.08 bits per heavy atom. The molecular formula is C17H17ClN4OS. The number of carbonyl (C=O) groups is 1. The van der Waals surface area contributed by atoms with Gasteiger partial charge in [-0.1, -0.05) is 30.3 Å². The molecule has 1 aromatic heterocycles. The van der Waals surface area contributed by atoms with Gasteiger partial charge in [0.1, 0.15) is 5.82 Å². The maximum absolute atomic E-state index is 12.9. The Morgan fingerprint density at radius 1 is 1.33 bits per heavy atom. The van der Waals surface area contributed by atoms with Gasteiger partial charge in [-0.25, -0.2) is 14.7 Å². The molecule has 2 aromatic rings. The molecule has 0 bridgehead atoms. The Kier molecular flexibility index (Phi) is 5.06. The van der Waals surface area contributed by atoms with Crippen molar-refractivity contribution in [3.8, 4) is 0 Å². The zero-order valence-electron chi connectivity index (χ0n) is 13.4. The summed E-state index contributed by atoms with van der Waals surface area (Å²) >= 11 is 7.46. The summed E-state index contributed by atoms with van der Waals surface area (Å²) in [4.78, 5) is 23.2. The van der Waals surface area contributed by atoms with Crippen LogP contribution in [0.3, 0.4) is 0 Å². The first-order chi connectivity index (χ1) is 11.5. The molecule has 0 fully saturated rings. The first-order valence-electron chi connectivity index (χ1n) is 7.53. The minimum Gasteiger partial charge on any atom is -0.307 e. The van der Waals surface area contributed by atoms with E-state index in [4.69, 9.17) is 11.6 Å². The molecule has 2 amide bonds. The number of pyridine rings is 1. The number of anilines is 2. The molecule has 0 saturated heterocycles. The van der Waals surface area contributed by atoms with Crippen molar-refractivity contribution in [2.45, 2.75) is 19.1 Å². The number of aliphatic imine (C=N–C) groups is 1. The second kappa shape index (κ2) is 7.23. The summed E-state index contributed by atoms with van der Waals surface area (Å²) in [6.45, 7) is 4.74. The molecule has 0 spiro atoms. The van der Waals surface area contributed by atoms with Crippen molar-refractivity contribution >= 4 is 46.1 Å². The van der Waals surface area contributed by atoms with Gasteiger partial charge in [-0.15, -0.1) is 0 Å². The average Bonchev–Trinajstić information content (AvgIpc) is 2.96. The van der Waals surface area contributed by atoms with Crippen LogP contribution in [0.25, 0.3) is 0 Å². The monoisotopic (exact) mass is 360 g/mol. The third-order valence-electron chi connectivity index (χ3n) is 3.41. The maximum Gasteiger partial charge on any atom is 0.333 e. The van der Waals surface area contributed by atoms with Gasteiger partial charge in [0.15, 0.2) is 5.17 Å². The fraction of sp³-hybridized carbons (Fsp3) is 0.235. The maximum atomic E-state index is 12.9. The van der Waals surface area contributed by atoms with Crippen molar-refractivity contribution in [3.63, 3.8) is 0 Å². The number of nitrogens with one attached hydrogen (secondary N) is 1. The Bertz CT molecular complexity index is 778. The number of benzene rings is 1. The van der Waals surface area contributed by atoms with Crippen LogP contribution in [0, 0.1) is 6.92 Å². The van der Waals surface area contributed by atoms with Gasteiger partial charge in [-0.05, 0) is 48.9 Å². The number of hydrogen-bond acceptors (Lipinski definition) is 4. The molecule has 0 radical (unpaired) electrons. The van der Waals surface area contributed by atoms with E-state index in [2.05, 4.69) is 22.2 Å². The lowest BCUT2D eigenvalue weighted by molar-refractivity contribution is 0.259. The first kappa shape index (κ1) is 16.8. The fourth-order valence-electron chi connectivity index (χ4n) is 2.23. The number of halogens is 1. The SMILES string of the molecule is Cc1ccnc(N(C(=O)Nc2ccc(Cl)cc2)C2=NC[C@@H](C)S2)c1. The number of aryl methyl sites for hydroxylation is 1. The minimum absolute atomic E-state index is 0.296. The topological polar surface area (TPSA) is 57.6 Å². The Morgan fingerprint density at radius 3 is 2.71 bits per heavy atom. The normalized spacial score (nSPS) is 16.6. The molecule has 1 aromatic carbocycles. The van der Waals surface area contributed by atoms with Crippen molar-refractivity contribution in [3.05, 3.63) is 53.2 Å². The summed E-state index contributed by atoms with van der Waals surface area (Å²) < 4.78 is 0. The van der Waals surface area contributed by atoms with E-state index in [1.807, 2.05) is 19.1 Å².